The Kier molecular flexibility index (Phi) is 4.58. The van der Waals surface area contributed by atoms with Crippen molar-refractivity contribution in [3.05, 3.63) is 46.0 Å². The number of hydrogen-bond donors (Lipinski definition) is 1. The van der Waals surface area contributed by atoms with E-state index in [-0.39, 0.29) is 0 Å². The molecule has 0 aliphatic heterocycles. The second kappa shape index (κ2) is 6.18. The molecule has 0 atom stereocenters. The van der Waals surface area contributed by atoms with Crippen LogP contribution in [0.3, 0.4) is 0 Å². The molecule has 2 aromatic rings. The number of rotatable bonds is 5. The largest absolute Gasteiger partial charge is 0.310 e. The lowest BCUT2D eigenvalue weighted by atomic mass is 10.2. The van der Waals surface area contributed by atoms with Crippen molar-refractivity contribution >= 4 is 23.2 Å². The van der Waals surface area contributed by atoms with Gasteiger partial charge in [0.2, 0.25) is 0 Å². The summed E-state index contributed by atoms with van der Waals surface area (Å²) in [6.07, 6.45) is 1.55. The van der Waals surface area contributed by atoms with Crippen LogP contribution in [0.4, 0.5) is 0 Å². The number of nitrogens with one attached hydrogen (secondary N) is 1. The fraction of sp³-hybridized carbons (Fsp3) is 0.333. The third-order valence-corrected chi connectivity index (χ3v) is 3.44. The van der Waals surface area contributed by atoms with Crippen LogP contribution >= 0.6 is 23.2 Å². The SMILES string of the molecule is CCNCc1ncnn1Cc1cccc(Cl)c1Cl. The van der Waals surface area contributed by atoms with Crippen molar-refractivity contribution in [2.45, 2.75) is 20.0 Å². The topological polar surface area (TPSA) is 42.7 Å². The van der Waals surface area contributed by atoms with Gasteiger partial charge in [0.05, 0.1) is 23.1 Å². The first-order chi connectivity index (χ1) is 8.72. The van der Waals surface area contributed by atoms with Crippen LogP contribution in [0.1, 0.15) is 18.3 Å². The van der Waals surface area contributed by atoms with E-state index in [4.69, 9.17) is 23.2 Å². The molecule has 0 spiro atoms. The molecule has 18 heavy (non-hydrogen) atoms. The minimum atomic E-state index is 0.558. The molecule has 0 saturated heterocycles. The van der Waals surface area contributed by atoms with E-state index in [2.05, 4.69) is 22.3 Å². The highest BCUT2D eigenvalue weighted by atomic mass is 35.5. The van der Waals surface area contributed by atoms with E-state index in [1.54, 1.807) is 12.4 Å². The molecule has 6 heteroatoms. The molecule has 1 heterocycles. The van der Waals surface area contributed by atoms with E-state index in [0.29, 0.717) is 23.1 Å². The van der Waals surface area contributed by atoms with Gasteiger partial charge in [-0.05, 0) is 18.2 Å². The van der Waals surface area contributed by atoms with E-state index in [9.17, 15) is 0 Å². The zero-order chi connectivity index (χ0) is 13.0. The third kappa shape index (κ3) is 3.02. The number of nitrogens with zero attached hydrogens (tertiary/aromatic N) is 3. The molecule has 0 bridgehead atoms. The van der Waals surface area contributed by atoms with Crippen LogP contribution in [0.2, 0.25) is 10.0 Å². The molecule has 0 radical (unpaired) electrons. The Morgan fingerprint density at radius 3 is 2.94 bits per heavy atom. The molecule has 0 amide bonds. The lowest BCUT2D eigenvalue weighted by Crippen LogP contribution is -2.17. The summed E-state index contributed by atoms with van der Waals surface area (Å²) in [4.78, 5) is 4.22. The molecule has 0 aliphatic carbocycles. The van der Waals surface area contributed by atoms with Gasteiger partial charge in [0.1, 0.15) is 12.2 Å². The van der Waals surface area contributed by atoms with Crippen LogP contribution < -0.4 is 5.32 Å². The Labute approximate surface area is 116 Å². The highest BCUT2D eigenvalue weighted by Crippen LogP contribution is 2.26. The standard InChI is InChI=1S/C12H14Cl2N4/c1-2-15-6-11-16-8-17-18(11)7-9-4-3-5-10(13)12(9)14/h3-5,8,15H,2,6-7H2,1H3. The second-order valence-corrected chi connectivity index (χ2v) is 4.61. The van der Waals surface area contributed by atoms with E-state index in [0.717, 1.165) is 17.9 Å². The molecule has 0 unspecified atom stereocenters. The number of aromatic nitrogens is 3. The molecule has 0 fully saturated rings. The van der Waals surface area contributed by atoms with Gasteiger partial charge in [0, 0.05) is 0 Å². The minimum absolute atomic E-state index is 0.558. The monoisotopic (exact) mass is 284 g/mol. The van der Waals surface area contributed by atoms with Gasteiger partial charge in [0.25, 0.3) is 0 Å². The van der Waals surface area contributed by atoms with Crippen molar-refractivity contribution in [3.63, 3.8) is 0 Å². The van der Waals surface area contributed by atoms with Crippen molar-refractivity contribution in [1.29, 1.82) is 0 Å². The van der Waals surface area contributed by atoms with Crippen LogP contribution in [0.25, 0.3) is 0 Å². The van der Waals surface area contributed by atoms with Crippen LogP contribution in [0, 0.1) is 0 Å². The number of hydrogen-bond acceptors (Lipinski definition) is 3. The van der Waals surface area contributed by atoms with Gasteiger partial charge in [-0.1, -0.05) is 42.3 Å². The van der Waals surface area contributed by atoms with Gasteiger partial charge in [-0.2, -0.15) is 5.10 Å². The highest BCUT2D eigenvalue weighted by Gasteiger charge is 2.08. The van der Waals surface area contributed by atoms with E-state index in [1.807, 2.05) is 16.8 Å². The maximum absolute atomic E-state index is 6.16. The fourth-order valence-electron chi connectivity index (χ4n) is 1.63. The molecule has 1 aromatic heterocycles. The third-order valence-electron chi connectivity index (χ3n) is 2.58. The predicted molar refractivity (Wildman–Crippen MR) is 73.0 cm³/mol. The van der Waals surface area contributed by atoms with E-state index < -0.39 is 0 Å². The van der Waals surface area contributed by atoms with Crippen molar-refractivity contribution in [2.24, 2.45) is 0 Å². The van der Waals surface area contributed by atoms with Gasteiger partial charge in [-0.25, -0.2) is 9.67 Å². The Hall–Kier alpha value is -1.10. The highest BCUT2D eigenvalue weighted by molar-refractivity contribution is 6.42. The van der Waals surface area contributed by atoms with Crippen molar-refractivity contribution in [2.75, 3.05) is 6.54 Å². The van der Waals surface area contributed by atoms with Crippen LogP contribution in [-0.2, 0) is 13.1 Å². The summed E-state index contributed by atoms with van der Waals surface area (Å²) in [6, 6.07) is 5.59. The number of halogens is 2. The Bertz CT molecular complexity index is 525. The van der Waals surface area contributed by atoms with Crippen LogP contribution in [0.15, 0.2) is 24.5 Å². The Balaban J connectivity index is 2.18. The summed E-state index contributed by atoms with van der Waals surface area (Å²) in [5.41, 5.74) is 0.937. The summed E-state index contributed by atoms with van der Waals surface area (Å²) >= 11 is 12.1. The van der Waals surface area contributed by atoms with Gasteiger partial charge >= 0.3 is 0 Å². The normalized spacial score (nSPS) is 10.8. The van der Waals surface area contributed by atoms with Crippen molar-refractivity contribution in [1.82, 2.24) is 20.1 Å². The molecule has 0 aliphatic rings. The average molecular weight is 285 g/mol. The Morgan fingerprint density at radius 1 is 1.33 bits per heavy atom. The molecule has 4 nitrogen and oxygen atoms in total. The summed E-state index contributed by atoms with van der Waals surface area (Å²) in [6.45, 7) is 4.20. The molecule has 96 valence electrons. The van der Waals surface area contributed by atoms with Crippen LogP contribution in [-0.4, -0.2) is 21.3 Å². The smallest absolute Gasteiger partial charge is 0.141 e. The van der Waals surface area contributed by atoms with Gasteiger partial charge < -0.3 is 5.32 Å². The van der Waals surface area contributed by atoms with Gasteiger partial charge in [-0.3, -0.25) is 0 Å². The summed E-state index contributed by atoms with van der Waals surface area (Å²) < 4.78 is 1.82. The first-order valence-corrected chi connectivity index (χ1v) is 6.48. The Morgan fingerprint density at radius 2 is 2.17 bits per heavy atom. The average Bonchev–Trinajstić information content (AvgIpc) is 2.80. The van der Waals surface area contributed by atoms with E-state index in [1.165, 1.54) is 0 Å². The molecule has 1 N–H and O–H groups in total. The molecular formula is C12H14Cl2N4. The maximum atomic E-state index is 6.16. The maximum Gasteiger partial charge on any atom is 0.141 e. The molecule has 2 rings (SSSR count). The van der Waals surface area contributed by atoms with E-state index >= 15 is 0 Å². The molecule has 0 saturated carbocycles. The van der Waals surface area contributed by atoms with Gasteiger partial charge in [0.15, 0.2) is 0 Å². The molecular weight excluding hydrogens is 271 g/mol. The lowest BCUT2D eigenvalue weighted by molar-refractivity contribution is 0.596. The molecule has 1 aromatic carbocycles. The first kappa shape index (κ1) is 13.3. The van der Waals surface area contributed by atoms with Crippen molar-refractivity contribution in [3.8, 4) is 0 Å². The second-order valence-electron chi connectivity index (χ2n) is 3.83. The van der Waals surface area contributed by atoms with Gasteiger partial charge in [-0.15, -0.1) is 0 Å². The minimum Gasteiger partial charge on any atom is -0.310 e. The quantitative estimate of drug-likeness (QED) is 0.918. The zero-order valence-electron chi connectivity index (χ0n) is 10.0. The first-order valence-electron chi connectivity index (χ1n) is 5.72. The van der Waals surface area contributed by atoms with Crippen LogP contribution in [0.5, 0.6) is 0 Å². The fourth-order valence-corrected chi connectivity index (χ4v) is 2.01. The summed E-state index contributed by atoms with van der Waals surface area (Å²) in [5.74, 6) is 0.882. The summed E-state index contributed by atoms with van der Waals surface area (Å²) in [7, 11) is 0. The zero-order valence-corrected chi connectivity index (χ0v) is 11.5. The lowest BCUT2D eigenvalue weighted by Gasteiger charge is -2.08. The summed E-state index contributed by atoms with van der Waals surface area (Å²) in [5, 5.41) is 8.55. The number of benzene rings is 1. The predicted octanol–water partition coefficient (Wildman–Crippen LogP) is 2.74. The van der Waals surface area contributed by atoms with Crippen molar-refractivity contribution < 1.29 is 0 Å².